The average Bonchev–Trinajstić information content (AvgIpc) is 3.07. The molecule has 0 bridgehead atoms. The van der Waals surface area contributed by atoms with Gasteiger partial charge in [-0.1, -0.05) is 6.92 Å². The van der Waals surface area contributed by atoms with Gasteiger partial charge < -0.3 is 5.32 Å². The molecule has 20 heavy (non-hydrogen) atoms. The van der Waals surface area contributed by atoms with Crippen molar-refractivity contribution in [3.05, 3.63) is 42.7 Å². The van der Waals surface area contributed by atoms with E-state index in [2.05, 4.69) is 51.1 Å². The Morgan fingerprint density at radius 2 is 2.20 bits per heavy atom. The quantitative estimate of drug-likeness (QED) is 0.762. The van der Waals surface area contributed by atoms with Crippen molar-refractivity contribution in [2.45, 2.75) is 44.6 Å². The molecular formula is C16H20BrNS2. The first-order valence-electron chi connectivity index (χ1n) is 7.31. The van der Waals surface area contributed by atoms with Crippen LogP contribution in [0.5, 0.6) is 0 Å². The molecule has 0 amide bonds. The second-order valence-electron chi connectivity index (χ2n) is 5.36. The lowest BCUT2D eigenvalue weighted by molar-refractivity contribution is 0.399. The zero-order chi connectivity index (χ0) is 13.9. The average molecular weight is 370 g/mol. The highest BCUT2D eigenvalue weighted by molar-refractivity contribution is 9.10. The summed E-state index contributed by atoms with van der Waals surface area (Å²) in [7, 11) is 0. The van der Waals surface area contributed by atoms with Crippen molar-refractivity contribution in [2.24, 2.45) is 0 Å². The van der Waals surface area contributed by atoms with Gasteiger partial charge in [0.15, 0.2) is 0 Å². The van der Waals surface area contributed by atoms with Crippen molar-refractivity contribution < 1.29 is 0 Å². The van der Waals surface area contributed by atoms with Gasteiger partial charge in [0.25, 0.3) is 0 Å². The molecule has 2 unspecified atom stereocenters. The summed E-state index contributed by atoms with van der Waals surface area (Å²) < 4.78 is 1.27. The lowest BCUT2D eigenvalue weighted by Gasteiger charge is -2.31. The molecule has 0 aliphatic heterocycles. The van der Waals surface area contributed by atoms with Crippen LogP contribution in [0.15, 0.2) is 27.4 Å². The van der Waals surface area contributed by atoms with Crippen molar-refractivity contribution in [1.29, 1.82) is 0 Å². The number of nitrogens with one attached hydrogen (secondary N) is 1. The topological polar surface area (TPSA) is 12.0 Å². The summed E-state index contributed by atoms with van der Waals surface area (Å²) in [6.45, 7) is 3.26. The maximum absolute atomic E-state index is 3.74. The van der Waals surface area contributed by atoms with Gasteiger partial charge in [-0.2, -0.15) is 0 Å². The Bertz CT molecular complexity index is 560. The second-order valence-corrected chi connectivity index (χ2v) is 8.21. The van der Waals surface area contributed by atoms with Crippen molar-refractivity contribution in [1.82, 2.24) is 5.32 Å². The SMILES string of the molecule is CCNC(Cc1sccc1Br)C1CCCc2sccc21. The normalized spacial score (nSPS) is 19.8. The third-order valence-electron chi connectivity index (χ3n) is 4.15. The molecule has 0 saturated carbocycles. The van der Waals surface area contributed by atoms with Crippen LogP contribution in [0.3, 0.4) is 0 Å². The van der Waals surface area contributed by atoms with Crippen LogP contribution >= 0.6 is 38.6 Å². The molecule has 1 nitrogen and oxygen atoms in total. The minimum atomic E-state index is 0.559. The predicted molar refractivity (Wildman–Crippen MR) is 93.2 cm³/mol. The molecule has 4 heteroatoms. The largest absolute Gasteiger partial charge is 0.313 e. The highest BCUT2D eigenvalue weighted by Crippen LogP contribution is 2.38. The van der Waals surface area contributed by atoms with E-state index in [1.54, 1.807) is 10.4 Å². The van der Waals surface area contributed by atoms with Gasteiger partial charge >= 0.3 is 0 Å². The first-order valence-corrected chi connectivity index (χ1v) is 9.86. The molecule has 0 radical (unpaired) electrons. The highest BCUT2D eigenvalue weighted by Gasteiger charge is 2.28. The van der Waals surface area contributed by atoms with E-state index in [9.17, 15) is 0 Å². The van der Waals surface area contributed by atoms with Gasteiger partial charge in [0, 0.05) is 26.2 Å². The fourth-order valence-corrected chi connectivity index (χ4v) is 5.80. The third kappa shape index (κ3) is 3.03. The molecule has 3 rings (SSSR count). The Labute approximate surface area is 137 Å². The summed E-state index contributed by atoms with van der Waals surface area (Å²) in [5.41, 5.74) is 1.61. The van der Waals surface area contributed by atoms with Crippen LogP contribution in [0.2, 0.25) is 0 Å². The van der Waals surface area contributed by atoms with E-state index >= 15 is 0 Å². The number of aryl methyl sites for hydroxylation is 1. The first-order chi connectivity index (χ1) is 9.79. The summed E-state index contributed by atoms with van der Waals surface area (Å²) in [5, 5.41) is 8.19. The van der Waals surface area contributed by atoms with E-state index < -0.39 is 0 Å². The summed E-state index contributed by atoms with van der Waals surface area (Å²) in [6.07, 6.45) is 5.08. The van der Waals surface area contributed by atoms with E-state index in [1.807, 2.05) is 22.7 Å². The summed E-state index contributed by atoms with van der Waals surface area (Å²) in [5.74, 6) is 0.680. The van der Waals surface area contributed by atoms with Crippen LogP contribution in [0, 0.1) is 0 Å². The third-order valence-corrected chi connectivity index (χ3v) is 7.09. The first kappa shape index (κ1) is 14.8. The van der Waals surface area contributed by atoms with Crippen molar-refractivity contribution >= 4 is 38.6 Å². The van der Waals surface area contributed by atoms with Gasteiger partial charge in [-0.3, -0.25) is 0 Å². The van der Waals surface area contributed by atoms with Crippen LogP contribution in [-0.4, -0.2) is 12.6 Å². The molecule has 0 aromatic carbocycles. The lowest BCUT2D eigenvalue weighted by Crippen LogP contribution is -2.37. The van der Waals surface area contributed by atoms with Crippen LogP contribution in [0.25, 0.3) is 0 Å². The number of rotatable bonds is 5. The molecular weight excluding hydrogens is 350 g/mol. The van der Waals surface area contributed by atoms with E-state index in [0.29, 0.717) is 12.0 Å². The number of fused-ring (bicyclic) bond motifs is 1. The fraction of sp³-hybridized carbons (Fsp3) is 0.500. The predicted octanol–water partition coefficient (Wildman–Crippen LogP) is 5.21. The lowest BCUT2D eigenvalue weighted by atomic mass is 9.81. The van der Waals surface area contributed by atoms with E-state index in [-0.39, 0.29) is 0 Å². The molecule has 1 N–H and O–H groups in total. The van der Waals surface area contributed by atoms with Gasteiger partial charge in [0.1, 0.15) is 0 Å². The van der Waals surface area contributed by atoms with Gasteiger partial charge in [-0.15, -0.1) is 22.7 Å². The molecule has 2 aromatic rings. The van der Waals surface area contributed by atoms with Gasteiger partial charge in [0.2, 0.25) is 0 Å². The minimum absolute atomic E-state index is 0.559. The van der Waals surface area contributed by atoms with Gasteiger partial charge in [0.05, 0.1) is 0 Å². The molecule has 108 valence electrons. The Balaban J connectivity index is 1.83. The van der Waals surface area contributed by atoms with Crippen LogP contribution in [0.4, 0.5) is 0 Å². The number of halogens is 1. The maximum atomic E-state index is 3.74. The Morgan fingerprint density at radius 1 is 1.35 bits per heavy atom. The fourth-order valence-electron chi connectivity index (χ4n) is 3.23. The highest BCUT2D eigenvalue weighted by atomic mass is 79.9. The number of hydrogen-bond donors (Lipinski definition) is 1. The van der Waals surface area contributed by atoms with Crippen LogP contribution < -0.4 is 5.32 Å². The standard InChI is InChI=1S/C16H20BrNS2/c1-2-18-14(10-16-13(17)7-9-20-16)11-4-3-5-15-12(11)6-8-19-15/h6-9,11,14,18H,2-5,10H2,1H3. The molecule has 0 spiro atoms. The maximum Gasteiger partial charge on any atom is 0.0314 e. The summed E-state index contributed by atoms with van der Waals surface area (Å²) in [4.78, 5) is 3.09. The Hall–Kier alpha value is -0.160. The van der Waals surface area contributed by atoms with Crippen molar-refractivity contribution in [3.63, 3.8) is 0 Å². The zero-order valence-electron chi connectivity index (χ0n) is 11.7. The Morgan fingerprint density at radius 3 is 2.95 bits per heavy atom. The van der Waals surface area contributed by atoms with Crippen molar-refractivity contribution in [2.75, 3.05) is 6.54 Å². The van der Waals surface area contributed by atoms with Gasteiger partial charge in [-0.05, 0) is 76.6 Å². The number of thiophene rings is 2. The van der Waals surface area contributed by atoms with Gasteiger partial charge in [-0.25, -0.2) is 0 Å². The smallest absolute Gasteiger partial charge is 0.0314 e. The second kappa shape index (κ2) is 6.73. The van der Waals surface area contributed by atoms with Crippen molar-refractivity contribution in [3.8, 4) is 0 Å². The van der Waals surface area contributed by atoms with E-state index in [4.69, 9.17) is 0 Å². The molecule has 0 fully saturated rings. The van der Waals surface area contributed by atoms with E-state index in [1.165, 1.54) is 28.6 Å². The zero-order valence-corrected chi connectivity index (χ0v) is 14.9. The molecule has 2 atom stereocenters. The molecule has 0 saturated heterocycles. The van der Waals surface area contributed by atoms with Crippen LogP contribution in [-0.2, 0) is 12.8 Å². The number of likely N-dealkylation sites (N-methyl/N-ethyl adjacent to an activating group) is 1. The monoisotopic (exact) mass is 369 g/mol. The van der Waals surface area contributed by atoms with Crippen LogP contribution in [0.1, 0.15) is 41.0 Å². The molecule has 1 aliphatic rings. The molecule has 2 aromatic heterocycles. The summed E-state index contributed by atoms with van der Waals surface area (Å²) >= 11 is 7.49. The van der Waals surface area contributed by atoms with E-state index in [0.717, 1.165) is 13.0 Å². The minimum Gasteiger partial charge on any atom is -0.313 e. The molecule has 2 heterocycles. The Kier molecular flexibility index (Phi) is 4.97. The summed E-state index contributed by atoms with van der Waals surface area (Å²) in [6, 6.07) is 5.08. The number of hydrogen-bond acceptors (Lipinski definition) is 3. The molecule has 1 aliphatic carbocycles.